The number of nitrogens with zero attached hydrogens (tertiary/aromatic N) is 3. The molecule has 3 aromatic carbocycles. The average Bonchev–Trinajstić information content (AvgIpc) is 2.83. The van der Waals surface area contributed by atoms with Gasteiger partial charge in [-0.05, 0) is 23.8 Å². The van der Waals surface area contributed by atoms with Gasteiger partial charge in [0.15, 0.2) is 6.61 Å². The fourth-order valence-corrected chi connectivity index (χ4v) is 3.23. The van der Waals surface area contributed by atoms with Gasteiger partial charge < -0.3 is 10.1 Å². The fraction of sp³-hybridized carbons (Fsp3) is 0.125. The van der Waals surface area contributed by atoms with Crippen LogP contribution in [0, 0.1) is 0 Å². The summed E-state index contributed by atoms with van der Waals surface area (Å²) < 4.78 is 6.17. The first-order valence-corrected chi connectivity index (χ1v) is 10.0. The highest BCUT2D eigenvalue weighted by atomic mass is 16.5. The van der Waals surface area contributed by atoms with Crippen molar-refractivity contribution in [2.75, 3.05) is 11.9 Å². The van der Waals surface area contributed by atoms with Crippen molar-refractivity contribution >= 4 is 28.5 Å². The molecule has 0 unspecified atom stereocenters. The normalized spacial score (nSPS) is 10.6. The van der Waals surface area contributed by atoms with E-state index in [1.54, 1.807) is 30.3 Å². The van der Waals surface area contributed by atoms with E-state index in [-0.39, 0.29) is 18.5 Å². The number of nitrogens with one attached hydrogen (secondary N) is 1. The van der Waals surface area contributed by atoms with Crippen LogP contribution in [-0.4, -0.2) is 33.5 Å². The number of benzene rings is 3. The highest BCUT2D eigenvalue weighted by Gasteiger charge is 2.12. The van der Waals surface area contributed by atoms with Crippen LogP contribution in [0.25, 0.3) is 22.0 Å². The lowest BCUT2D eigenvalue weighted by atomic mass is 10.0. The smallest absolute Gasteiger partial charge is 0.308 e. The van der Waals surface area contributed by atoms with Crippen LogP contribution in [0.5, 0.6) is 0 Å². The van der Waals surface area contributed by atoms with Crippen LogP contribution in [0.15, 0.2) is 83.7 Å². The third kappa shape index (κ3) is 4.86. The van der Waals surface area contributed by atoms with Crippen LogP contribution in [0.4, 0.5) is 5.69 Å². The lowest BCUT2D eigenvalue weighted by Gasteiger charge is -2.11. The molecule has 0 atom stereocenters. The first-order chi connectivity index (χ1) is 15.6. The Bertz CT molecular complexity index is 1320. The van der Waals surface area contributed by atoms with Crippen molar-refractivity contribution in [3.8, 4) is 11.1 Å². The van der Waals surface area contributed by atoms with Crippen molar-refractivity contribution in [1.82, 2.24) is 15.0 Å². The number of carbonyl (C=O) groups is 2. The minimum atomic E-state index is -0.613. The SMILES string of the molecule is O=C(COC(=O)CCn1nnc2ccccc2c1=O)Nc1ccccc1-c1ccccc1. The Morgan fingerprint density at radius 2 is 1.62 bits per heavy atom. The van der Waals surface area contributed by atoms with E-state index in [1.165, 1.54) is 0 Å². The Morgan fingerprint density at radius 3 is 2.47 bits per heavy atom. The van der Waals surface area contributed by atoms with Crippen molar-refractivity contribution in [2.24, 2.45) is 0 Å². The largest absolute Gasteiger partial charge is 0.456 e. The molecule has 8 heteroatoms. The number of ether oxygens (including phenoxy) is 1. The third-order valence-electron chi connectivity index (χ3n) is 4.81. The van der Waals surface area contributed by atoms with E-state index in [1.807, 2.05) is 48.5 Å². The minimum Gasteiger partial charge on any atom is -0.456 e. The molecule has 160 valence electrons. The highest BCUT2D eigenvalue weighted by Crippen LogP contribution is 2.27. The van der Waals surface area contributed by atoms with Crippen molar-refractivity contribution in [3.05, 3.63) is 89.2 Å². The monoisotopic (exact) mass is 428 g/mol. The zero-order valence-corrected chi connectivity index (χ0v) is 17.1. The van der Waals surface area contributed by atoms with E-state index >= 15 is 0 Å². The van der Waals surface area contributed by atoms with Gasteiger partial charge in [-0.3, -0.25) is 14.4 Å². The number of aryl methyl sites for hydroxylation is 1. The highest BCUT2D eigenvalue weighted by molar-refractivity contribution is 5.96. The molecule has 4 rings (SSSR count). The summed E-state index contributed by atoms with van der Waals surface area (Å²) in [7, 11) is 0. The molecular formula is C24H20N4O4. The molecule has 8 nitrogen and oxygen atoms in total. The van der Waals surface area contributed by atoms with Gasteiger partial charge in [-0.15, -0.1) is 5.10 Å². The topological polar surface area (TPSA) is 103 Å². The molecular weight excluding hydrogens is 408 g/mol. The minimum absolute atomic E-state index is 0.00790. The van der Waals surface area contributed by atoms with Crippen LogP contribution in [0.1, 0.15) is 6.42 Å². The molecule has 32 heavy (non-hydrogen) atoms. The summed E-state index contributed by atoms with van der Waals surface area (Å²) in [6, 6.07) is 23.9. The number of esters is 1. The summed E-state index contributed by atoms with van der Waals surface area (Å²) >= 11 is 0. The summed E-state index contributed by atoms with van der Waals surface area (Å²) in [5, 5.41) is 11.0. The molecule has 4 aromatic rings. The second-order valence-corrected chi connectivity index (χ2v) is 7.01. The van der Waals surface area contributed by atoms with Crippen LogP contribution in [-0.2, 0) is 20.9 Å². The Morgan fingerprint density at radius 1 is 0.906 bits per heavy atom. The molecule has 0 aliphatic carbocycles. The second-order valence-electron chi connectivity index (χ2n) is 7.01. The maximum atomic E-state index is 12.4. The quantitative estimate of drug-likeness (QED) is 0.454. The molecule has 0 bridgehead atoms. The lowest BCUT2D eigenvalue weighted by Crippen LogP contribution is -2.26. The van der Waals surface area contributed by atoms with E-state index in [4.69, 9.17) is 4.74 Å². The van der Waals surface area contributed by atoms with Gasteiger partial charge in [0.1, 0.15) is 5.52 Å². The summed E-state index contributed by atoms with van der Waals surface area (Å²) in [4.78, 5) is 36.8. The average molecular weight is 428 g/mol. The molecule has 1 amide bonds. The molecule has 0 saturated heterocycles. The van der Waals surface area contributed by atoms with E-state index in [0.29, 0.717) is 16.6 Å². The van der Waals surface area contributed by atoms with Gasteiger partial charge in [0.2, 0.25) is 0 Å². The molecule has 1 heterocycles. The second kappa shape index (κ2) is 9.65. The zero-order valence-electron chi connectivity index (χ0n) is 17.1. The lowest BCUT2D eigenvalue weighted by molar-refractivity contribution is -0.147. The first kappa shape index (κ1) is 20.9. The Labute approximate surface area is 183 Å². The molecule has 0 aliphatic rings. The maximum absolute atomic E-state index is 12.4. The summed E-state index contributed by atoms with van der Waals surface area (Å²) in [6.45, 7) is -0.422. The van der Waals surface area contributed by atoms with Gasteiger partial charge >= 0.3 is 5.97 Å². The zero-order chi connectivity index (χ0) is 22.3. The van der Waals surface area contributed by atoms with Crippen LogP contribution < -0.4 is 10.9 Å². The predicted molar refractivity (Wildman–Crippen MR) is 120 cm³/mol. The van der Waals surface area contributed by atoms with Gasteiger partial charge in [-0.25, -0.2) is 4.68 Å². The van der Waals surface area contributed by atoms with Crippen molar-refractivity contribution in [2.45, 2.75) is 13.0 Å². The van der Waals surface area contributed by atoms with Gasteiger partial charge in [-0.1, -0.05) is 65.9 Å². The van der Waals surface area contributed by atoms with Crippen LogP contribution in [0.2, 0.25) is 0 Å². The standard InChI is InChI=1S/C24H20N4O4/c29-22(25-20-12-6-4-10-18(20)17-8-2-1-3-9-17)16-32-23(30)14-15-28-24(31)19-11-5-7-13-21(19)26-27-28/h1-13H,14-16H2,(H,25,29). The third-order valence-corrected chi connectivity index (χ3v) is 4.81. The molecule has 0 aliphatic heterocycles. The van der Waals surface area contributed by atoms with E-state index in [9.17, 15) is 14.4 Å². The number of para-hydroxylation sites is 1. The number of carbonyl (C=O) groups excluding carboxylic acids is 2. The van der Waals surface area contributed by atoms with Crippen LogP contribution in [0.3, 0.4) is 0 Å². The Balaban J connectivity index is 1.32. The Hall–Kier alpha value is -4.33. The van der Waals surface area contributed by atoms with Gasteiger partial charge in [0.25, 0.3) is 11.5 Å². The number of hydrogen-bond acceptors (Lipinski definition) is 6. The molecule has 0 fully saturated rings. The first-order valence-electron chi connectivity index (χ1n) is 10.0. The van der Waals surface area contributed by atoms with Crippen molar-refractivity contribution < 1.29 is 14.3 Å². The van der Waals surface area contributed by atoms with Gasteiger partial charge in [0.05, 0.1) is 18.4 Å². The molecule has 0 saturated carbocycles. The van der Waals surface area contributed by atoms with E-state index in [2.05, 4.69) is 15.6 Å². The van der Waals surface area contributed by atoms with Crippen molar-refractivity contribution in [3.63, 3.8) is 0 Å². The molecule has 1 aromatic heterocycles. The molecule has 1 N–H and O–H groups in total. The van der Waals surface area contributed by atoms with E-state index < -0.39 is 18.5 Å². The number of aromatic nitrogens is 3. The number of hydrogen-bond donors (Lipinski definition) is 1. The fourth-order valence-electron chi connectivity index (χ4n) is 3.23. The Kier molecular flexibility index (Phi) is 6.31. The number of fused-ring (bicyclic) bond motifs is 1. The van der Waals surface area contributed by atoms with Crippen molar-refractivity contribution in [1.29, 1.82) is 0 Å². The summed E-state index contributed by atoms with van der Waals surface area (Å²) in [5.74, 6) is -1.07. The van der Waals surface area contributed by atoms with Gasteiger partial charge in [0, 0.05) is 11.3 Å². The number of amides is 1. The number of rotatable bonds is 7. The molecule has 0 radical (unpaired) electrons. The van der Waals surface area contributed by atoms with Gasteiger partial charge in [-0.2, -0.15) is 0 Å². The maximum Gasteiger partial charge on any atom is 0.308 e. The number of anilines is 1. The van der Waals surface area contributed by atoms with E-state index in [0.717, 1.165) is 15.8 Å². The summed E-state index contributed by atoms with van der Waals surface area (Å²) in [5.41, 5.74) is 2.60. The predicted octanol–water partition coefficient (Wildman–Crippen LogP) is 3.03. The molecule has 0 spiro atoms. The van der Waals surface area contributed by atoms with Crippen LogP contribution >= 0.6 is 0 Å². The summed E-state index contributed by atoms with van der Waals surface area (Å²) in [6.07, 6.45) is -0.110.